The maximum Gasteiger partial charge on any atom is 0.243 e. The summed E-state index contributed by atoms with van der Waals surface area (Å²) in [4.78, 5) is 2.43. The lowest BCUT2D eigenvalue weighted by atomic mass is 9.79. The van der Waals surface area contributed by atoms with E-state index >= 15 is 0 Å². The predicted molar refractivity (Wildman–Crippen MR) is 142 cm³/mol. The highest BCUT2D eigenvalue weighted by atomic mass is 32.2. The fourth-order valence-electron chi connectivity index (χ4n) is 5.67. The lowest BCUT2D eigenvalue weighted by Crippen LogP contribution is -2.66. The van der Waals surface area contributed by atoms with E-state index in [4.69, 9.17) is 4.74 Å². The third-order valence-electron chi connectivity index (χ3n) is 7.72. The molecule has 0 bridgehead atoms. The number of hydrogen-bond donors (Lipinski definition) is 1. The van der Waals surface area contributed by atoms with Crippen molar-refractivity contribution in [1.82, 2.24) is 9.21 Å². The molecule has 3 atom stereocenters. The second-order valence-corrected chi connectivity index (χ2v) is 11.8. The molecule has 6 nitrogen and oxygen atoms in total. The van der Waals surface area contributed by atoms with Gasteiger partial charge in [-0.05, 0) is 72.7 Å². The summed E-state index contributed by atoms with van der Waals surface area (Å²) in [6.07, 6.45) is 1.03. The minimum atomic E-state index is -3.62. The Morgan fingerprint density at radius 3 is 2.33 bits per heavy atom. The summed E-state index contributed by atoms with van der Waals surface area (Å²) in [5.74, 6) is 0.698. The summed E-state index contributed by atoms with van der Waals surface area (Å²) < 4.78 is 34.1. The molecule has 0 aromatic heterocycles. The van der Waals surface area contributed by atoms with Gasteiger partial charge >= 0.3 is 0 Å². The summed E-state index contributed by atoms with van der Waals surface area (Å²) >= 11 is 0. The van der Waals surface area contributed by atoms with E-state index < -0.39 is 16.3 Å². The molecule has 0 unspecified atom stereocenters. The summed E-state index contributed by atoms with van der Waals surface area (Å²) in [6.45, 7) is 5.56. The Bertz CT molecular complexity index is 1340. The van der Waals surface area contributed by atoms with Gasteiger partial charge in [-0.25, -0.2) is 8.42 Å². The summed E-state index contributed by atoms with van der Waals surface area (Å²) in [5, 5.41) is 11.1. The molecule has 3 aromatic rings. The average Bonchev–Trinajstić information content (AvgIpc) is 2.86. The molecule has 2 fully saturated rings. The first-order valence-corrected chi connectivity index (χ1v) is 14.0. The van der Waals surface area contributed by atoms with Crippen LogP contribution in [0, 0.1) is 13.8 Å². The molecule has 0 aliphatic carbocycles. The highest BCUT2D eigenvalue weighted by molar-refractivity contribution is 7.89. The smallest absolute Gasteiger partial charge is 0.243 e. The molecule has 3 aromatic carbocycles. The first-order valence-electron chi connectivity index (χ1n) is 12.6. The van der Waals surface area contributed by atoms with E-state index in [1.807, 2.05) is 31.2 Å². The number of nitrogens with zero attached hydrogens (tertiary/aromatic N) is 2. The first kappa shape index (κ1) is 25.0. The van der Waals surface area contributed by atoms with Gasteiger partial charge in [0.2, 0.25) is 10.0 Å². The number of aliphatic hydroxyl groups excluding tert-OH is 1. The number of methoxy groups -OCH3 is 1. The second kappa shape index (κ2) is 9.98. The number of aliphatic hydroxyl groups is 1. The molecule has 0 amide bonds. The molecule has 2 aliphatic rings. The van der Waals surface area contributed by atoms with Crippen LogP contribution in [0.15, 0.2) is 71.6 Å². The molecule has 2 aliphatic heterocycles. The van der Waals surface area contributed by atoms with Gasteiger partial charge in [-0.3, -0.25) is 4.90 Å². The van der Waals surface area contributed by atoms with Gasteiger partial charge in [-0.15, -0.1) is 0 Å². The van der Waals surface area contributed by atoms with E-state index in [9.17, 15) is 13.5 Å². The number of fused-ring (bicyclic) bond motifs is 1. The van der Waals surface area contributed by atoms with Gasteiger partial charge in [0.05, 0.1) is 12.0 Å². The Morgan fingerprint density at radius 2 is 1.64 bits per heavy atom. The maximum absolute atomic E-state index is 13.6. The standard InChI is InChI=1S/C29H34N2O4S/c1-20-8-4-5-9-27(20)36(33,34)30-16-6-7-17-31-26(19-30)28(29(31)32)23-12-10-22(11-13-23)25-15-14-24(35-3)18-21(25)2/h4-5,8-15,18,26,28-29,32H,6-7,16-17,19H2,1-3H3/t26-,28-,29+/m0/s1. The van der Waals surface area contributed by atoms with Gasteiger partial charge in [-0.1, -0.05) is 48.5 Å². The number of rotatable bonds is 5. The lowest BCUT2D eigenvalue weighted by Gasteiger charge is -2.55. The molecule has 190 valence electrons. The Hall–Kier alpha value is -2.71. The predicted octanol–water partition coefficient (Wildman–Crippen LogP) is 4.55. The van der Waals surface area contributed by atoms with Crippen molar-refractivity contribution in [3.05, 3.63) is 83.4 Å². The van der Waals surface area contributed by atoms with Crippen LogP contribution >= 0.6 is 0 Å². The van der Waals surface area contributed by atoms with Crippen LogP contribution in [0.2, 0.25) is 0 Å². The lowest BCUT2D eigenvalue weighted by molar-refractivity contribution is -0.148. The van der Waals surface area contributed by atoms with Crippen molar-refractivity contribution in [2.75, 3.05) is 26.7 Å². The first-order chi connectivity index (χ1) is 17.3. The highest BCUT2D eigenvalue weighted by Crippen LogP contribution is 2.42. The fourth-order valence-corrected chi connectivity index (χ4v) is 7.40. The van der Waals surface area contributed by atoms with Crippen molar-refractivity contribution in [2.24, 2.45) is 0 Å². The Labute approximate surface area is 214 Å². The molecule has 7 heteroatoms. The number of aryl methyl sites for hydroxylation is 2. The normalized spacial score (nSPS) is 23.3. The van der Waals surface area contributed by atoms with Crippen LogP contribution in [-0.4, -0.2) is 61.7 Å². The average molecular weight is 507 g/mol. The van der Waals surface area contributed by atoms with Gasteiger partial charge in [0.15, 0.2) is 0 Å². The Kier molecular flexibility index (Phi) is 6.92. The third-order valence-corrected chi connectivity index (χ3v) is 9.74. The van der Waals surface area contributed by atoms with Gasteiger partial charge in [0.25, 0.3) is 0 Å². The van der Waals surface area contributed by atoms with E-state index in [1.165, 1.54) is 0 Å². The zero-order valence-corrected chi connectivity index (χ0v) is 21.9. The minimum absolute atomic E-state index is 0.0623. The van der Waals surface area contributed by atoms with Crippen LogP contribution in [0.25, 0.3) is 11.1 Å². The van der Waals surface area contributed by atoms with Crippen molar-refractivity contribution >= 4 is 10.0 Å². The van der Waals surface area contributed by atoms with E-state index in [0.29, 0.717) is 18.0 Å². The minimum Gasteiger partial charge on any atom is -0.497 e. The SMILES string of the molecule is COc1ccc(-c2ccc([C@@H]3[C@@H](O)N4CCCCN(S(=O)(=O)c5ccccc5C)C[C@@H]34)cc2)c(C)c1. The summed E-state index contributed by atoms with van der Waals surface area (Å²) in [6, 6.07) is 21.5. The van der Waals surface area contributed by atoms with Gasteiger partial charge in [0.1, 0.15) is 12.0 Å². The van der Waals surface area contributed by atoms with E-state index in [0.717, 1.165) is 53.0 Å². The number of benzene rings is 3. The van der Waals surface area contributed by atoms with Crippen LogP contribution < -0.4 is 4.74 Å². The third kappa shape index (κ3) is 4.45. The van der Waals surface area contributed by atoms with Crippen molar-refractivity contribution in [3.8, 4) is 16.9 Å². The van der Waals surface area contributed by atoms with Crippen molar-refractivity contribution < 1.29 is 18.3 Å². The van der Waals surface area contributed by atoms with Crippen LogP contribution in [0.5, 0.6) is 5.75 Å². The molecule has 0 spiro atoms. The zero-order valence-electron chi connectivity index (χ0n) is 21.1. The number of hydrogen-bond acceptors (Lipinski definition) is 5. The highest BCUT2D eigenvalue weighted by Gasteiger charge is 2.50. The van der Waals surface area contributed by atoms with Gasteiger partial charge in [-0.2, -0.15) is 4.31 Å². The molecular formula is C29H34N2O4S. The molecule has 2 saturated heterocycles. The number of ether oxygens (including phenoxy) is 1. The maximum atomic E-state index is 13.6. The van der Waals surface area contributed by atoms with Gasteiger partial charge < -0.3 is 9.84 Å². The van der Waals surface area contributed by atoms with E-state index in [1.54, 1.807) is 23.5 Å². The Morgan fingerprint density at radius 1 is 0.917 bits per heavy atom. The molecule has 2 heterocycles. The quantitative estimate of drug-likeness (QED) is 0.550. The van der Waals surface area contributed by atoms with Crippen LogP contribution in [0.1, 0.15) is 35.4 Å². The van der Waals surface area contributed by atoms with E-state index in [-0.39, 0.29) is 12.0 Å². The molecule has 0 radical (unpaired) electrons. The Balaban J connectivity index is 1.41. The fraction of sp³-hybridized carbons (Fsp3) is 0.379. The second-order valence-electron chi connectivity index (χ2n) is 9.88. The summed E-state index contributed by atoms with van der Waals surface area (Å²) in [7, 11) is -1.95. The zero-order chi connectivity index (χ0) is 25.4. The largest absolute Gasteiger partial charge is 0.497 e. The van der Waals surface area contributed by atoms with Crippen molar-refractivity contribution in [2.45, 2.75) is 49.8 Å². The van der Waals surface area contributed by atoms with Crippen LogP contribution in [0.4, 0.5) is 0 Å². The molecule has 1 N–H and O–H groups in total. The molecule has 36 heavy (non-hydrogen) atoms. The van der Waals surface area contributed by atoms with E-state index in [2.05, 4.69) is 42.2 Å². The molecular weight excluding hydrogens is 472 g/mol. The summed E-state index contributed by atoms with van der Waals surface area (Å²) in [5.41, 5.74) is 5.16. The number of sulfonamides is 1. The molecule has 5 rings (SSSR count). The van der Waals surface area contributed by atoms with Gasteiger partial charge in [0, 0.05) is 31.6 Å². The molecule has 0 saturated carbocycles. The topological polar surface area (TPSA) is 70.1 Å². The van der Waals surface area contributed by atoms with Crippen molar-refractivity contribution in [3.63, 3.8) is 0 Å². The van der Waals surface area contributed by atoms with Crippen molar-refractivity contribution in [1.29, 1.82) is 0 Å². The van der Waals surface area contributed by atoms with Crippen LogP contribution in [-0.2, 0) is 10.0 Å². The monoisotopic (exact) mass is 506 g/mol. The van der Waals surface area contributed by atoms with Crippen LogP contribution in [0.3, 0.4) is 0 Å².